The molecule has 0 saturated heterocycles. The molecule has 4 N–H and O–H groups in total. The molecular formula is C9H18F2N2O2. The van der Waals surface area contributed by atoms with Crippen molar-refractivity contribution in [2.45, 2.75) is 39.3 Å². The minimum absolute atomic E-state index is 0.445. The number of nitrogens with two attached hydrogens (primary N) is 1. The first-order valence-electron chi connectivity index (χ1n) is 4.65. The van der Waals surface area contributed by atoms with Gasteiger partial charge in [0.1, 0.15) is 6.10 Å². The van der Waals surface area contributed by atoms with Crippen LogP contribution in [0.3, 0.4) is 0 Å². The lowest BCUT2D eigenvalue weighted by Crippen LogP contribution is -2.50. The second-order valence-corrected chi connectivity index (χ2v) is 4.49. The normalized spacial score (nSPS) is 16.3. The van der Waals surface area contributed by atoms with Crippen molar-refractivity contribution in [1.29, 1.82) is 0 Å². The van der Waals surface area contributed by atoms with Crippen molar-refractivity contribution < 1.29 is 18.7 Å². The van der Waals surface area contributed by atoms with Gasteiger partial charge in [-0.05, 0) is 5.41 Å². The molecule has 1 unspecified atom stereocenters. The number of amides is 1. The van der Waals surface area contributed by atoms with Gasteiger partial charge in [0.2, 0.25) is 5.91 Å². The first kappa shape index (κ1) is 14.2. The molecule has 0 aliphatic rings. The third-order valence-corrected chi connectivity index (χ3v) is 1.99. The molecule has 0 radical (unpaired) electrons. The highest BCUT2D eigenvalue weighted by Gasteiger charge is 2.28. The number of halogens is 2. The average Bonchev–Trinajstić information content (AvgIpc) is 2.10. The lowest BCUT2D eigenvalue weighted by atomic mass is 9.87. The standard InChI is InChI=1S/C9H18F2N2O2/c1-9(2,3)6(12)8(15)13-4-5(14)7(10)11/h5-7,14H,4,12H2,1-3H3,(H,13,15)/t5?,6-/m1/s1. The fraction of sp³-hybridized carbons (Fsp3) is 0.889. The van der Waals surface area contributed by atoms with E-state index in [9.17, 15) is 13.6 Å². The number of rotatable bonds is 4. The van der Waals surface area contributed by atoms with E-state index < -0.39 is 36.4 Å². The first-order valence-corrected chi connectivity index (χ1v) is 4.65. The van der Waals surface area contributed by atoms with Crippen LogP contribution in [0, 0.1) is 5.41 Å². The maximum atomic E-state index is 11.9. The molecule has 0 fully saturated rings. The van der Waals surface area contributed by atoms with Crippen molar-refractivity contribution in [3.8, 4) is 0 Å². The smallest absolute Gasteiger partial charge is 0.265 e. The van der Waals surface area contributed by atoms with Crippen molar-refractivity contribution in [2.75, 3.05) is 6.54 Å². The molecule has 6 heteroatoms. The Kier molecular flexibility index (Phi) is 5.10. The summed E-state index contributed by atoms with van der Waals surface area (Å²) in [6.07, 6.45) is -4.71. The fourth-order valence-corrected chi connectivity index (χ4v) is 0.797. The number of carbonyl (C=O) groups is 1. The zero-order valence-corrected chi connectivity index (χ0v) is 9.13. The zero-order chi connectivity index (χ0) is 12.2. The van der Waals surface area contributed by atoms with Gasteiger partial charge in [0, 0.05) is 6.54 Å². The van der Waals surface area contributed by atoms with Crippen LogP contribution in [-0.2, 0) is 4.79 Å². The Morgan fingerprint density at radius 2 is 1.93 bits per heavy atom. The Hall–Kier alpha value is -0.750. The second-order valence-electron chi connectivity index (χ2n) is 4.49. The number of carbonyl (C=O) groups excluding carboxylic acids is 1. The molecule has 0 aromatic carbocycles. The van der Waals surface area contributed by atoms with Crippen molar-refractivity contribution in [2.24, 2.45) is 11.1 Å². The van der Waals surface area contributed by atoms with Crippen LogP contribution in [0.5, 0.6) is 0 Å². The van der Waals surface area contributed by atoms with E-state index in [4.69, 9.17) is 10.8 Å². The van der Waals surface area contributed by atoms with Crippen molar-refractivity contribution in [1.82, 2.24) is 5.32 Å². The summed E-state index contributed by atoms with van der Waals surface area (Å²) < 4.78 is 23.8. The summed E-state index contributed by atoms with van der Waals surface area (Å²) in [5.41, 5.74) is 5.13. The molecule has 0 spiro atoms. The SMILES string of the molecule is CC(C)(C)[C@H](N)C(=O)NCC(O)C(F)F. The molecule has 0 aliphatic carbocycles. The van der Waals surface area contributed by atoms with E-state index in [0.29, 0.717) is 0 Å². The van der Waals surface area contributed by atoms with Crippen LogP contribution in [0.25, 0.3) is 0 Å². The number of aliphatic hydroxyl groups excluding tert-OH is 1. The van der Waals surface area contributed by atoms with E-state index in [-0.39, 0.29) is 0 Å². The molecule has 0 heterocycles. The van der Waals surface area contributed by atoms with Crippen molar-refractivity contribution in [3.05, 3.63) is 0 Å². The third-order valence-electron chi connectivity index (χ3n) is 1.99. The number of aliphatic hydroxyl groups is 1. The summed E-state index contributed by atoms with van der Waals surface area (Å²) in [5, 5.41) is 10.9. The molecular weight excluding hydrogens is 206 g/mol. The average molecular weight is 224 g/mol. The highest BCUT2D eigenvalue weighted by molar-refractivity contribution is 5.82. The number of hydrogen-bond donors (Lipinski definition) is 3. The van der Waals surface area contributed by atoms with Gasteiger partial charge in [0.25, 0.3) is 6.43 Å². The Bertz CT molecular complexity index is 217. The van der Waals surface area contributed by atoms with E-state index in [1.165, 1.54) is 0 Å². The van der Waals surface area contributed by atoms with E-state index in [1.807, 2.05) is 0 Å². The molecule has 0 aromatic rings. The maximum Gasteiger partial charge on any atom is 0.265 e. The second kappa shape index (κ2) is 5.37. The molecule has 0 aliphatic heterocycles. The molecule has 2 atom stereocenters. The lowest BCUT2D eigenvalue weighted by molar-refractivity contribution is -0.125. The summed E-state index contributed by atoms with van der Waals surface area (Å²) >= 11 is 0. The van der Waals surface area contributed by atoms with E-state index in [2.05, 4.69) is 5.32 Å². The molecule has 1 amide bonds. The minimum atomic E-state index is -2.86. The summed E-state index contributed by atoms with van der Waals surface area (Å²) in [6, 6.07) is -0.789. The highest BCUT2D eigenvalue weighted by atomic mass is 19.3. The number of nitrogens with one attached hydrogen (secondary N) is 1. The molecule has 4 nitrogen and oxygen atoms in total. The van der Waals surface area contributed by atoms with Crippen LogP contribution in [0.1, 0.15) is 20.8 Å². The zero-order valence-electron chi connectivity index (χ0n) is 9.13. The van der Waals surface area contributed by atoms with Crippen LogP contribution >= 0.6 is 0 Å². The first-order chi connectivity index (χ1) is 6.66. The van der Waals surface area contributed by atoms with Crippen LogP contribution in [0.15, 0.2) is 0 Å². The molecule has 0 rings (SSSR count). The van der Waals surface area contributed by atoms with Crippen molar-refractivity contribution in [3.63, 3.8) is 0 Å². The van der Waals surface area contributed by atoms with Gasteiger partial charge in [-0.3, -0.25) is 4.79 Å². The van der Waals surface area contributed by atoms with Gasteiger partial charge in [0.05, 0.1) is 6.04 Å². The van der Waals surface area contributed by atoms with Gasteiger partial charge in [-0.1, -0.05) is 20.8 Å². The van der Waals surface area contributed by atoms with E-state index in [1.54, 1.807) is 20.8 Å². The van der Waals surface area contributed by atoms with E-state index in [0.717, 1.165) is 0 Å². The predicted octanol–water partition coefficient (Wildman–Crippen LogP) is 0.102. The van der Waals surface area contributed by atoms with Gasteiger partial charge in [-0.2, -0.15) is 0 Å². The van der Waals surface area contributed by atoms with Crippen LogP contribution < -0.4 is 11.1 Å². The maximum absolute atomic E-state index is 11.9. The topological polar surface area (TPSA) is 75.4 Å². The van der Waals surface area contributed by atoms with Gasteiger partial charge in [-0.15, -0.1) is 0 Å². The van der Waals surface area contributed by atoms with Crippen molar-refractivity contribution >= 4 is 5.91 Å². The van der Waals surface area contributed by atoms with Gasteiger partial charge < -0.3 is 16.2 Å². The van der Waals surface area contributed by atoms with Gasteiger partial charge >= 0.3 is 0 Å². The van der Waals surface area contributed by atoms with Crippen LogP contribution in [-0.4, -0.2) is 36.1 Å². The van der Waals surface area contributed by atoms with Crippen LogP contribution in [0.4, 0.5) is 8.78 Å². The molecule has 90 valence electrons. The minimum Gasteiger partial charge on any atom is -0.385 e. The Morgan fingerprint density at radius 1 is 1.47 bits per heavy atom. The Labute approximate surface area is 87.8 Å². The molecule has 0 aromatic heterocycles. The predicted molar refractivity (Wildman–Crippen MR) is 52.5 cm³/mol. The van der Waals surface area contributed by atoms with Gasteiger partial charge in [-0.25, -0.2) is 8.78 Å². The van der Waals surface area contributed by atoms with E-state index >= 15 is 0 Å². The summed E-state index contributed by atoms with van der Waals surface area (Å²) in [5.74, 6) is -0.540. The lowest BCUT2D eigenvalue weighted by Gasteiger charge is -2.26. The van der Waals surface area contributed by atoms with Gasteiger partial charge in [0.15, 0.2) is 0 Å². The largest absolute Gasteiger partial charge is 0.385 e. The number of hydrogen-bond acceptors (Lipinski definition) is 3. The Balaban J connectivity index is 4.05. The third kappa shape index (κ3) is 5.03. The molecule has 15 heavy (non-hydrogen) atoms. The fourth-order valence-electron chi connectivity index (χ4n) is 0.797. The summed E-state index contributed by atoms with van der Waals surface area (Å²) in [4.78, 5) is 11.3. The number of alkyl halides is 2. The summed E-state index contributed by atoms with van der Waals surface area (Å²) in [6.45, 7) is 4.81. The summed E-state index contributed by atoms with van der Waals surface area (Å²) in [7, 11) is 0. The Morgan fingerprint density at radius 3 is 2.27 bits per heavy atom. The highest BCUT2D eigenvalue weighted by Crippen LogP contribution is 2.17. The quantitative estimate of drug-likeness (QED) is 0.634. The molecule has 0 saturated carbocycles. The molecule has 0 bridgehead atoms. The monoisotopic (exact) mass is 224 g/mol. The van der Waals surface area contributed by atoms with Crippen LogP contribution in [0.2, 0.25) is 0 Å².